The molecule has 1 atom stereocenters. The van der Waals surface area contributed by atoms with Crippen molar-refractivity contribution in [2.24, 2.45) is 5.92 Å². The molecule has 1 amide bonds. The average molecular weight is 315 g/mol. The van der Waals surface area contributed by atoms with Gasteiger partial charge in [-0.15, -0.1) is 0 Å². The maximum atomic E-state index is 11.9. The van der Waals surface area contributed by atoms with Crippen molar-refractivity contribution in [3.05, 3.63) is 39.9 Å². The topological polar surface area (TPSA) is 72.2 Å². The molecule has 5 nitrogen and oxygen atoms in total. The standard InChI is InChI=1S/C12H15BrN2O3/c1-9(6-7-13)8-14-12(16)10-4-2-3-5-11(10)15(17)18/h2-5,9H,6-8H2,1H3,(H,14,16). The zero-order valence-corrected chi connectivity index (χ0v) is 11.6. The molecule has 98 valence electrons. The summed E-state index contributed by atoms with van der Waals surface area (Å²) in [5.41, 5.74) is -0.0586. The molecule has 0 aromatic heterocycles. The Balaban J connectivity index is 2.70. The number of carbonyl (C=O) groups is 1. The van der Waals surface area contributed by atoms with Gasteiger partial charge in [0.2, 0.25) is 0 Å². The highest BCUT2D eigenvalue weighted by atomic mass is 79.9. The molecule has 6 heteroatoms. The van der Waals surface area contributed by atoms with Crippen LogP contribution in [0.5, 0.6) is 0 Å². The van der Waals surface area contributed by atoms with Crippen molar-refractivity contribution in [2.75, 3.05) is 11.9 Å². The van der Waals surface area contributed by atoms with E-state index in [1.165, 1.54) is 12.1 Å². The lowest BCUT2D eigenvalue weighted by atomic mass is 10.1. The summed E-state index contributed by atoms with van der Waals surface area (Å²) in [5, 5.41) is 14.4. The molecule has 18 heavy (non-hydrogen) atoms. The molecule has 1 N–H and O–H groups in total. The third-order valence-electron chi connectivity index (χ3n) is 2.56. The second-order valence-electron chi connectivity index (χ2n) is 4.07. The van der Waals surface area contributed by atoms with Crippen LogP contribution in [-0.2, 0) is 0 Å². The summed E-state index contributed by atoms with van der Waals surface area (Å²) < 4.78 is 0. The number of nitro benzene ring substituents is 1. The number of nitrogens with one attached hydrogen (secondary N) is 1. The Morgan fingerprint density at radius 1 is 1.50 bits per heavy atom. The van der Waals surface area contributed by atoms with Gasteiger partial charge in [0.1, 0.15) is 5.56 Å². The Kier molecular flexibility index (Phi) is 5.77. The van der Waals surface area contributed by atoms with Gasteiger partial charge in [-0.25, -0.2) is 0 Å². The highest BCUT2D eigenvalue weighted by Crippen LogP contribution is 2.17. The van der Waals surface area contributed by atoms with Crippen molar-refractivity contribution in [1.82, 2.24) is 5.32 Å². The Morgan fingerprint density at radius 2 is 2.17 bits per heavy atom. The molecule has 0 aliphatic rings. The fourth-order valence-corrected chi connectivity index (χ4v) is 2.26. The molecule has 0 aliphatic heterocycles. The summed E-state index contributed by atoms with van der Waals surface area (Å²) in [6, 6.07) is 5.95. The number of nitro groups is 1. The molecular formula is C12H15BrN2O3. The number of amides is 1. The van der Waals surface area contributed by atoms with Crippen LogP contribution in [0.15, 0.2) is 24.3 Å². The number of nitrogens with zero attached hydrogens (tertiary/aromatic N) is 1. The summed E-state index contributed by atoms with van der Waals surface area (Å²) in [4.78, 5) is 22.1. The normalized spacial score (nSPS) is 11.9. The highest BCUT2D eigenvalue weighted by molar-refractivity contribution is 9.09. The van der Waals surface area contributed by atoms with Crippen molar-refractivity contribution in [3.63, 3.8) is 0 Å². The summed E-state index contributed by atoms with van der Waals surface area (Å²) in [6.45, 7) is 2.53. The first-order chi connectivity index (χ1) is 8.56. The van der Waals surface area contributed by atoms with E-state index in [9.17, 15) is 14.9 Å². The Hall–Kier alpha value is -1.43. The summed E-state index contributed by atoms with van der Waals surface area (Å²) in [6.07, 6.45) is 0.942. The van der Waals surface area contributed by atoms with Crippen LogP contribution in [0.2, 0.25) is 0 Å². The molecule has 0 radical (unpaired) electrons. The van der Waals surface area contributed by atoms with Crippen molar-refractivity contribution in [2.45, 2.75) is 13.3 Å². The number of hydrogen-bond acceptors (Lipinski definition) is 3. The quantitative estimate of drug-likeness (QED) is 0.498. The number of hydrogen-bond donors (Lipinski definition) is 1. The van der Waals surface area contributed by atoms with E-state index in [1.54, 1.807) is 12.1 Å². The highest BCUT2D eigenvalue weighted by Gasteiger charge is 2.19. The zero-order valence-electron chi connectivity index (χ0n) is 10.1. The SMILES string of the molecule is CC(CCBr)CNC(=O)c1ccccc1[N+](=O)[O-]. The lowest BCUT2D eigenvalue weighted by Gasteiger charge is -2.11. The summed E-state index contributed by atoms with van der Waals surface area (Å²) in [7, 11) is 0. The number of carbonyl (C=O) groups excluding carboxylic acids is 1. The molecule has 1 rings (SSSR count). The largest absolute Gasteiger partial charge is 0.352 e. The van der Waals surface area contributed by atoms with Crippen LogP contribution >= 0.6 is 15.9 Å². The minimum atomic E-state index is -0.545. The molecule has 0 saturated carbocycles. The molecule has 1 aromatic carbocycles. The molecule has 0 heterocycles. The Morgan fingerprint density at radius 3 is 2.78 bits per heavy atom. The third-order valence-corrected chi connectivity index (χ3v) is 3.02. The predicted octanol–water partition coefficient (Wildman–Crippen LogP) is 2.75. The van der Waals surface area contributed by atoms with Gasteiger partial charge in [0.15, 0.2) is 0 Å². The van der Waals surface area contributed by atoms with Gasteiger partial charge in [-0.2, -0.15) is 0 Å². The average Bonchev–Trinajstić information content (AvgIpc) is 2.36. The van der Waals surface area contributed by atoms with Crippen LogP contribution in [0.4, 0.5) is 5.69 Å². The first-order valence-corrected chi connectivity index (χ1v) is 6.76. The van der Waals surface area contributed by atoms with E-state index < -0.39 is 10.8 Å². The maximum Gasteiger partial charge on any atom is 0.282 e. The molecule has 0 spiro atoms. The van der Waals surface area contributed by atoms with E-state index in [2.05, 4.69) is 21.2 Å². The van der Waals surface area contributed by atoms with E-state index in [1.807, 2.05) is 6.92 Å². The molecule has 1 aromatic rings. The lowest BCUT2D eigenvalue weighted by Crippen LogP contribution is -2.28. The minimum absolute atomic E-state index is 0.105. The van der Waals surface area contributed by atoms with Crippen LogP contribution < -0.4 is 5.32 Å². The van der Waals surface area contributed by atoms with E-state index in [4.69, 9.17) is 0 Å². The van der Waals surface area contributed by atoms with Gasteiger partial charge >= 0.3 is 0 Å². The summed E-state index contributed by atoms with van der Waals surface area (Å²) in [5.74, 6) is -0.0696. The number of alkyl halides is 1. The van der Waals surface area contributed by atoms with Gasteiger partial charge in [0, 0.05) is 17.9 Å². The van der Waals surface area contributed by atoms with Crippen LogP contribution in [0.3, 0.4) is 0 Å². The van der Waals surface area contributed by atoms with Crippen LogP contribution in [0.25, 0.3) is 0 Å². The van der Waals surface area contributed by atoms with Crippen molar-refractivity contribution in [3.8, 4) is 0 Å². The van der Waals surface area contributed by atoms with Crippen LogP contribution in [0, 0.1) is 16.0 Å². The second-order valence-corrected chi connectivity index (χ2v) is 4.86. The van der Waals surface area contributed by atoms with E-state index in [0.717, 1.165) is 11.8 Å². The van der Waals surface area contributed by atoms with Crippen LogP contribution in [-0.4, -0.2) is 22.7 Å². The van der Waals surface area contributed by atoms with Gasteiger partial charge in [0.05, 0.1) is 4.92 Å². The fraction of sp³-hybridized carbons (Fsp3) is 0.417. The smallest absolute Gasteiger partial charge is 0.282 e. The van der Waals surface area contributed by atoms with Gasteiger partial charge in [-0.1, -0.05) is 35.0 Å². The monoisotopic (exact) mass is 314 g/mol. The van der Waals surface area contributed by atoms with Gasteiger partial charge in [-0.05, 0) is 18.4 Å². The van der Waals surface area contributed by atoms with E-state index in [0.29, 0.717) is 12.5 Å². The Bertz CT molecular complexity index is 437. The maximum absolute atomic E-state index is 11.9. The molecule has 1 unspecified atom stereocenters. The molecule has 0 bridgehead atoms. The van der Waals surface area contributed by atoms with Crippen molar-refractivity contribution >= 4 is 27.5 Å². The minimum Gasteiger partial charge on any atom is -0.352 e. The molecular weight excluding hydrogens is 300 g/mol. The summed E-state index contributed by atoms with van der Waals surface area (Å²) >= 11 is 3.33. The molecule has 0 saturated heterocycles. The van der Waals surface area contributed by atoms with Crippen LogP contribution in [0.1, 0.15) is 23.7 Å². The Labute approximate surface area is 114 Å². The van der Waals surface area contributed by atoms with Crippen molar-refractivity contribution in [1.29, 1.82) is 0 Å². The first-order valence-electron chi connectivity index (χ1n) is 5.63. The van der Waals surface area contributed by atoms with E-state index >= 15 is 0 Å². The number of rotatable bonds is 6. The van der Waals surface area contributed by atoms with Gasteiger partial charge in [0.25, 0.3) is 11.6 Å². The zero-order chi connectivity index (χ0) is 13.5. The second kappa shape index (κ2) is 7.10. The van der Waals surface area contributed by atoms with Gasteiger partial charge in [-0.3, -0.25) is 14.9 Å². The van der Waals surface area contributed by atoms with Gasteiger partial charge < -0.3 is 5.32 Å². The van der Waals surface area contributed by atoms with E-state index in [-0.39, 0.29) is 11.3 Å². The molecule has 0 fully saturated rings. The number of benzene rings is 1. The number of para-hydroxylation sites is 1. The lowest BCUT2D eigenvalue weighted by molar-refractivity contribution is -0.385. The third kappa shape index (κ3) is 4.10. The number of halogens is 1. The molecule has 0 aliphatic carbocycles. The van der Waals surface area contributed by atoms with Crippen molar-refractivity contribution < 1.29 is 9.72 Å². The fourth-order valence-electron chi connectivity index (χ4n) is 1.48. The first kappa shape index (κ1) is 14.6. The predicted molar refractivity (Wildman–Crippen MR) is 73.0 cm³/mol.